The Bertz CT molecular complexity index is 973. The Morgan fingerprint density at radius 3 is 2.27 bits per heavy atom. The number of carboxylic acid groups (broad SMARTS) is 1. The van der Waals surface area contributed by atoms with Gasteiger partial charge in [-0.3, -0.25) is 9.59 Å². The summed E-state index contributed by atoms with van der Waals surface area (Å²) in [6.45, 7) is 0. The number of nitrogens with zero attached hydrogens (tertiary/aromatic N) is 1. The molecule has 0 spiro atoms. The van der Waals surface area contributed by atoms with Crippen LogP contribution < -0.4 is 15.3 Å². The van der Waals surface area contributed by atoms with E-state index < -0.39 is 23.6 Å². The van der Waals surface area contributed by atoms with Crippen LogP contribution in [0.4, 0.5) is 15.8 Å². The SMILES string of the molecule is O=C([O-])c1ccc(NC2=C(Cl)C(=O)N(c3ccc(F)c(Cl)c3)C2=O)cc1. The molecule has 0 radical (unpaired) electrons. The molecule has 9 heteroatoms. The van der Waals surface area contributed by atoms with Crippen molar-refractivity contribution in [3.05, 3.63) is 69.6 Å². The number of hydrogen-bond donors (Lipinski definition) is 1. The van der Waals surface area contributed by atoms with Crippen LogP contribution in [0.3, 0.4) is 0 Å². The Labute approximate surface area is 156 Å². The maximum atomic E-state index is 13.3. The smallest absolute Gasteiger partial charge is 0.283 e. The highest BCUT2D eigenvalue weighted by molar-refractivity contribution is 6.53. The molecule has 0 saturated carbocycles. The summed E-state index contributed by atoms with van der Waals surface area (Å²) in [5.41, 5.74) is 0.155. The van der Waals surface area contributed by atoms with Gasteiger partial charge in [0.05, 0.1) is 16.7 Å². The number of carbonyl (C=O) groups excluding carboxylic acids is 3. The van der Waals surface area contributed by atoms with E-state index in [-0.39, 0.29) is 27.0 Å². The summed E-state index contributed by atoms with van der Waals surface area (Å²) in [5.74, 6) is -3.60. The van der Waals surface area contributed by atoms with Crippen molar-refractivity contribution in [2.24, 2.45) is 0 Å². The molecular weight excluding hydrogens is 386 g/mol. The minimum atomic E-state index is -1.35. The van der Waals surface area contributed by atoms with E-state index in [0.717, 1.165) is 17.0 Å². The molecule has 0 atom stereocenters. The number of amides is 2. The lowest BCUT2D eigenvalue weighted by molar-refractivity contribution is -0.255. The summed E-state index contributed by atoms with van der Waals surface area (Å²) >= 11 is 11.7. The molecule has 6 nitrogen and oxygen atoms in total. The van der Waals surface area contributed by atoms with E-state index in [1.165, 1.54) is 30.3 Å². The van der Waals surface area contributed by atoms with Crippen molar-refractivity contribution in [1.82, 2.24) is 0 Å². The zero-order valence-corrected chi connectivity index (χ0v) is 14.3. The second-order valence-corrected chi connectivity index (χ2v) is 6.01. The van der Waals surface area contributed by atoms with Gasteiger partial charge >= 0.3 is 0 Å². The van der Waals surface area contributed by atoms with Crippen molar-refractivity contribution in [1.29, 1.82) is 0 Å². The minimum absolute atomic E-state index is 0.0490. The van der Waals surface area contributed by atoms with Gasteiger partial charge in [-0.15, -0.1) is 0 Å². The van der Waals surface area contributed by atoms with E-state index in [1.807, 2.05) is 0 Å². The number of hydrogen-bond acceptors (Lipinski definition) is 5. The number of aromatic carboxylic acids is 1. The highest BCUT2D eigenvalue weighted by Gasteiger charge is 2.39. The fourth-order valence-electron chi connectivity index (χ4n) is 2.30. The van der Waals surface area contributed by atoms with Crippen molar-refractivity contribution in [3.63, 3.8) is 0 Å². The number of halogens is 3. The lowest BCUT2D eigenvalue weighted by atomic mass is 10.2. The van der Waals surface area contributed by atoms with Crippen molar-refractivity contribution >= 4 is 52.4 Å². The van der Waals surface area contributed by atoms with Gasteiger partial charge in [0.25, 0.3) is 11.8 Å². The van der Waals surface area contributed by atoms with Gasteiger partial charge in [-0.25, -0.2) is 9.29 Å². The standard InChI is InChI=1S/C17H9Cl2FN2O4/c18-11-7-10(5-6-12(11)20)22-15(23)13(19)14(16(22)24)21-9-3-1-8(2-4-9)17(25)26/h1-7,21H,(H,25,26)/p-1. The third-order valence-corrected chi connectivity index (χ3v) is 4.22. The Kier molecular flexibility index (Phi) is 4.67. The average molecular weight is 394 g/mol. The van der Waals surface area contributed by atoms with Gasteiger partial charge in [0.2, 0.25) is 0 Å². The van der Waals surface area contributed by atoms with Crippen molar-refractivity contribution in [2.45, 2.75) is 0 Å². The monoisotopic (exact) mass is 393 g/mol. The average Bonchev–Trinajstić information content (AvgIpc) is 2.81. The van der Waals surface area contributed by atoms with E-state index in [0.29, 0.717) is 5.69 Å². The molecule has 2 amide bonds. The van der Waals surface area contributed by atoms with Crippen LogP contribution in [0.5, 0.6) is 0 Å². The van der Waals surface area contributed by atoms with E-state index in [9.17, 15) is 23.9 Å². The minimum Gasteiger partial charge on any atom is -0.545 e. The number of rotatable bonds is 4. The molecule has 132 valence electrons. The number of carbonyl (C=O) groups is 3. The van der Waals surface area contributed by atoms with Crippen LogP contribution in [0.25, 0.3) is 0 Å². The van der Waals surface area contributed by atoms with E-state index in [1.54, 1.807) is 0 Å². The van der Waals surface area contributed by atoms with Crippen LogP contribution in [-0.2, 0) is 9.59 Å². The summed E-state index contributed by atoms with van der Waals surface area (Å²) in [6, 6.07) is 8.69. The molecule has 1 aliphatic heterocycles. The fourth-order valence-corrected chi connectivity index (χ4v) is 2.69. The van der Waals surface area contributed by atoms with Gasteiger partial charge in [0.15, 0.2) is 0 Å². The molecule has 1 heterocycles. The fraction of sp³-hybridized carbons (Fsp3) is 0. The molecule has 1 aliphatic rings. The molecule has 0 fully saturated rings. The largest absolute Gasteiger partial charge is 0.545 e. The van der Waals surface area contributed by atoms with Gasteiger partial charge < -0.3 is 15.2 Å². The van der Waals surface area contributed by atoms with Crippen LogP contribution in [0.1, 0.15) is 10.4 Å². The quantitative estimate of drug-likeness (QED) is 0.804. The lowest BCUT2D eigenvalue weighted by Gasteiger charge is -2.15. The van der Waals surface area contributed by atoms with Gasteiger partial charge in [-0.2, -0.15) is 0 Å². The Morgan fingerprint density at radius 1 is 1.04 bits per heavy atom. The zero-order valence-electron chi connectivity index (χ0n) is 12.8. The third-order valence-electron chi connectivity index (χ3n) is 3.58. The predicted octanol–water partition coefficient (Wildman–Crippen LogP) is 2.28. The number of nitrogens with one attached hydrogen (secondary N) is 1. The molecule has 3 rings (SSSR count). The number of imide groups is 1. The zero-order chi connectivity index (χ0) is 19.0. The molecule has 0 aliphatic carbocycles. The van der Waals surface area contributed by atoms with Gasteiger partial charge in [-0.1, -0.05) is 35.3 Å². The molecule has 1 N–H and O–H groups in total. The lowest BCUT2D eigenvalue weighted by Crippen LogP contribution is -2.32. The van der Waals surface area contributed by atoms with Crippen LogP contribution >= 0.6 is 23.2 Å². The highest BCUT2D eigenvalue weighted by Crippen LogP contribution is 2.32. The normalized spacial score (nSPS) is 14.2. The predicted molar refractivity (Wildman–Crippen MR) is 91.2 cm³/mol. The molecule has 0 bridgehead atoms. The first-order valence-corrected chi connectivity index (χ1v) is 7.87. The third kappa shape index (κ3) is 3.14. The number of benzene rings is 2. The molecule has 2 aromatic carbocycles. The van der Waals surface area contributed by atoms with E-state index in [4.69, 9.17) is 23.2 Å². The van der Waals surface area contributed by atoms with Crippen LogP contribution in [0.15, 0.2) is 53.2 Å². The van der Waals surface area contributed by atoms with E-state index >= 15 is 0 Å². The highest BCUT2D eigenvalue weighted by atomic mass is 35.5. The Morgan fingerprint density at radius 2 is 1.69 bits per heavy atom. The van der Waals surface area contributed by atoms with Crippen molar-refractivity contribution in [3.8, 4) is 0 Å². The Hall–Kier alpha value is -2.90. The maximum Gasteiger partial charge on any atom is 0.283 e. The molecule has 26 heavy (non-hydrogen) atoms. The van der Waals surface area contributed by atoms with Gasteiger partial charge in [-0.05, 0) is 35.9 Å². The molecule has 0 aromatic heterocycles. The summed E-state index contributed by atoms with van der Waals surface area (Å²) in [7, 11) is 0. The second kappa shape index (κ2) is 6.78. The maximum absolute atomic E-state index is 13.3. The first kappa shape index (κ1) is 17.9. The molecule has 0 saturated heterocycles. The summed E-state index contributed by atoms with van der Waals surface area (Å²) in [5, 5.41) is 12.8. The summed E-state index contributed by atoms with van der Waals surface area (Å²) < 4.78 is 13.3. The van der Waals surface area contributed by atoms with E-state index in [2.05, 4.69) is 5.32 Å². The van der Waals surface area contributed by atoms with Gasteiger partial charge in [0, 0.05) is 5.69 Å². The molecular formula is C17H8Cl2FN2O4-. The topological polar surface area (TPSA) is 89.5 Å². The number of anilines is 2. The molecule has 2 aromatic rings. The van der Waals surface area contributed by atoms with Crippen LogP contribution in [0, 0.1) is 5.82 Å². The van der Waals surface area contributed by atoms with Crippen molar-refractivity contribution in [2.75, 3.05) is 10.2 Å². The van der Waals surface area contributed by atoms with Crippen molar-refractivity contribution < 1.29 is 23.9 Å². The second-order valence-electron chi connectivity index (χ2n) is 5.22. The molecule has 0 unspecified atom stereocenters. The summed E-state index contributed by atoms with van der Waals surface area (Å²) in [6.07, 6.45) is 0. The first-order valence-electron chi connectivity index (χ1n) is 7.11. The first-order chi connectivity index (χ1) is 12.3. The van der Waals surface area contributed by atoms with Gasteiger partial charge in [0.1, 0.15) is 16.5 Å². The van der Waals surface area contributed by atoms with Crippen LogP contribution in [0.2, 0.25) is 5.02 Å². The summed E-state index contributed by atoms with van der Waals surface area (Å²) in [4.78, 5) is 36.4. The Balaban J connectivity index is 1.88. The number of carboxylic acids is 1. The van der Waals surface area contributed by atoms with Crippen LogP contribution in [-0.4, -0.2) is 17.8 Å².